The van der Waals surface area contributed by atoms with Gasteiger partial charge in [0.05, 0.1) is 6.04 Å². The maximum Gasteiger partial charge on any atom is 0.217 e. The molecule has 1 atom stereocenters. The summed E-state index contributed by atoms with van der Waals surface area (Å²) in [5, 5.41) is 13.0. The molecule has 0 saturated heterocycles. The molecule has 1 rings (SSSR count). The Morgan fingerprint density at radius 1 is 1.38 bits per heavy atom. The molecule has 0 unspecified atom stereocenters. The molecule has 1 aromatic carbocycles. The Bertz CT molecular complexity index is 373. The number of amides is 1. The number of carbonyl (C=O) groups excluding carboxylic acids is 2. The molecule has 5 heteroatoms. The van der Waals surface area contributed by atoms with Gasteiger partial charge in [-0.25, -0.2) is 4.39 Å². The molecule has 1 N–H and O–H groups in total. The molecule has 0 fully saturated rings. The number of hydrogen-bond acceptors (Lipinski definition) is 3. The van der Waals surface area contributed by atoms with E-state index < -0.39 is 17.8 Å². The minimum Gasteiger partial charge on any atom is -0.550 e. The van der Waals surface area contributed by atoms with Crippen molar-refractivity contribution < 1.29 is 19.1 Å². The third kappa shape index (κ3) is 3.68. The van der Waals surface area contributed by atoms with Crippen LogP contribution in [-0.4, -0.2) is 11.9 Å². The van der Waals surface area contributed by atoms with Gasteiger partial charge in [-0.15, -0.1) is 0 Å². The average molecular weight is 224 g/mol. The second-order valence-electron chi connectivity index (χ2n) is 3.38. The standard InChI is InChI=1S/C11H12FNO3/c1-7(14)13-10(6-11(15)16)8-2-4-9(12)5-3-8/h2-5,10H,6H2,1H3,(H,13,14)(H,15,16)/p-1/t10-/m1/s1. The van der Waals surface area contributed by atoms with Crippen molar-refractivity contribution in [1.29, 1.82) is 0 Å². The zero-order chi connectivity index (χ0) is 12.1. The van der Waals surface area contributed by atoms with Gasteiger partial charge in [0, 0.05) is 19.3 Å². The predicted octanol–water partition coefficient (Wildman–Crippen LogP) is 0.143. The molecule has 0 saturated carbocycles. The van der Waals surface area contributed by atoms with Crippen LogP contribution < -0.4 is 10.4 Å². The van der Waals surface area contributed by atoms with E-state index in [1.807, 2.05) is 0 Å². The van der Waals surface area contributed by atoms with Crippen molar-refractivity contribution >= 4 is 11.9 Å². The predicted molar refractivity (Wildman–Crippen MR) is 52.6 cm³/mol. The van der Waals surface area contributed by atoms with Crippen molar-refractivity contribution in [2.75, 3.05) is 0 Å². The maximum atomic E-state index is 12.7. The fraction of sp³-hybridized carbons (Fsp3) is 0.273. The molecular weight excluding hydrogens is 213 g/mol. The quantitative estimate of drug-likeness (QED) is 0.791. The molecule has 1 amide bonds. The fourth-order valence-corrected chi connectivity index (χ4v) is 1.36. The molecule has 0 heterocycles. The largest absolute Gasteiger partial charge is 0.550 e. The third-order valence-electron chi connectivity index (χ3n) is 2.02. The third-order valence-corrected chi connectivity index (χ3v) is 2.02. The van der Waals surface area contributed by atoms with Gasteiger partial charge in [-0.2, -0.15) is 0 Å². The van der Waals surface area contributed by atoms with Crippen molar-refractivity contribution in [3.63, 3.8) is 0 Å². The molecule has 0 aliphatic heterocycles. The second-order valence-corrected chi connectivity index (χ2v) is 3.38. The first kappa shape index (κ1) is 12.2. The molecule has 0 spiro atoms. The summed E-state index contributed by atoms with van der Waals surface area (Å²) >= 11 is 0. The van der Waals surface area contributed by atoms with Crippen LogP contribution in [0.3, 0.4) is 0 Å². The van der Waals surface area contributed by atoms with Crippen LogP contribution in [0.25, 0.3) is 0 Å². The topological polar surface area (TPSA) is 69.2 Å². The Morgan fingerprint density at radius 2 is 1.94 bits per heavy atom. The van der Waals surface area contributed by atoms with E-state index in [0.29, 0.717) is 5.56 Å². The summed E-state index contributed by atoms with van der Waals surface area (Å²) < 4.78 is 12.7. The number of carboxylic acid groups (broad SMARTS) is 1. The van der Waals surface area contributed by atoms with E-state index in [-0.39, 0.29) is 12.3 Å². The van der Waals surface area contributed by atoms with Crippen LogP contribution in [0, 0.1) is 5.82 Å². The van der Waals surface area contributed by atoms with Gasteiger partial charge >= 0.3 is 0 Å². The van der Waals surface area contributed by atoms with E-state index >= 15 is 0 Å². The minimum absolute atomic E-state index is 0.342. The highest BCUT2D eigenvalue weighted by molar-refractivity contribution is 5.74. The number of rotatable bonds is 4. The van der Waals surface area contributed by atoms with Crippen molar-refractivity contribution in [2.45, 2.75) is 19.4 Å². The number of carboxylic acids is 1. The molecule has 4 nitrogen and oxygen atoms in total. The number of nitrogens with one attached hydrogen (secondary N) is 1. The Balaban J connectivity index is 2.86. The monoisotopic (exact) mass is 224 g/mol. The molecule has 0 aromatic heterocycles. The average Bonchev–Trinajstić information content (AvgIpc) is 2.16. The van der Waals surface area contributed by atoms with Crippen LogP contribution in [0.15, 0.2) is 24.3 Å². The molecule has 86 valence electrons. The zero-order valence-electron chi connectivity index (χ0n) is 8.70. The molecule has 0 aliphatic carbocycles. The van der Waals surface area contributed by atoms with Gasteiger partial charge in [-0.1, -0.05) is 12.1 Å². The van der Waals surface area contributed by atoms with Gasteiger partial charge in [0.25, 0.3) is 0 Å². The summed E-state index contributed by atoms with van der Waals surface area (Å²) in [6.45, 7) is 1.28. The zero-order valence-corrected chi connectivity index (χ0v) is 8.70. The van der Waals surface area contributed by atoms with Crippen molar-refractivity contribution in [3.8, 4) is 0 Å². The Morgan fingerprint density at radius 3 is 2.38 bits per heavy atom. The second kappa shape index (κ2) is 5.25. The van der Waals surface area contributed by atoms with Crippen LogP contribution >= 0.6 is 0 Å². The molecule has 16 heavy (non-hydrogen) atoms. The van der Waals surface area contributed by atoms with E-state index in [9.17, 15) is 19.1 Å². The van der Waals surface area contributed by atoms with E-state index in [4.69, 9.17) is 0 Å². The van der Waals surface area contributed by atoms with E-state index in [2.05, 4.69) is 5.32 Å². The molecule has 0 bridgehead atoms. The molecular formula is C11H11FNO3-. The van der Waals surface area contributed by atoms with Crippen LogP contribution in [0.5, 0.6) is 0 Å². The molecule has 0 radical (unpaired) electrons. The van der Waals surface area contributed by atoms with Crippen molar-refractivity contribution in [2.24, 2.45) is 0 Å². The van der Waals surface area contributed by atoms with Crippen LogP contribution in [-0.2, 0) is 9.59 Å². The summed E-state index contributed by atoms with van der Waals surface area (Å²) in [5.74, 6) is -2.04. The van der Waals surface area contributed by atoms with E-state index in [1.165, 1.54) is 31.2 Å². The lowest BCUT2D eigenvalue weighted by Crippen LogP contribution is -2.33. The van der Waals surface area contributed by atoms with Crippen molar-refractivity contribution in [3.05, 3.63) is 35.6 Å². The smallest absolute Gasteiger partial charge is 0.217 e. The number of benzene rings is 1. The number of carbonyl (C=O) groups is 2. The highest BCUT2D eigenvalue weighted by atomic mass is 19.1. The summed E-state index contributed by atoms with van der Waals surface area (Å²) in [4.78, 5) is 21.4. The van der Waals surface area contributed by atoms with Gasteiger partial charge in [0.15, 0.2) is 0 Å². The molecule has 0 aliphatic rings. The van der Waals surface area contributed by atoms with Gasteiger partial charge in [0.1, 0.15) is 5.82 Å². The van der Waals surface area contributed by atoms with Crippen LogP contribution in [0.1, 0.15) is 24.9 Å². The normalized spacial score (nSPS) is 11.9. The van der Waals surface area contributed by atoms with Crippen LogP contribution in [0.4, 0.5) is 4.39 Å². The van der Waals surface area contributed by atoms with Gasteiger partial charge in [0.2, 0.25) is 5.91 Å². The summed E-state index contributed by atoms with van der Waals surface area (Å²) in [7, 11) is 0. The number of aliphatic carboxylic acids is 1. The lowest BCUT2D eigenvalue weighted by atomic mass is 10.0. The highest BCUT2D eigenvalue weighted by Gasteiger charge is 2.12. The Hall–Kier alpha value is -1.91. The van der Waals surface area contributed by atoms with Gasteiger partial charge < -0.3 is 15.2 Å². The maximum absolute atomic E-state index is 12.7. The van der Waals surface area contributed by atoms with Gasteiger partial charge in [-0.3, -0.25) is 4.79 Å². The summed E-state index contributed by atoms with van der Waals surface area (Å²) in [5.41, 5.74) is 0.529. The first-order chi connectivity index (χ1) is 7.49. The first-order valence-corrected chi connectivity index (χ1v) is 4.71. The number of halogens is 1. The van der Waals surface area contributed by atoms with Crippen LogP contribution in [0.2, 0.25) is 0 Å². The highest BCUT2D eigenvalue weighted by Crippen LogP contribution is 2.16. The van der Waals surface area contributed by atoms with Gasteiger partial charge in [-0.05, 0) is 17.7 Å². The van der Waals surface area contributed by atoms with E-state index in [0.717, 1.165) is 0 Å². The van der Waals surface area contributed by atoms with Crippen molar-refractivity contribution in [1.82, 2.24) is 5.32 Å². The Kier molecular flexibility index (Phi) is 3.99. The molecule has 1 aromatic rings. The number of hydrogen-bond donors (Lipinski definition) is 1. The Labute approximate surface area is 92.1 Å². The summed E-state index contributed by atoms with van der Waals surface area (Å²) in [6.07, 6.45) is -0.342. The van der Waals surface area contributed by atoms with E-state index in [1.54, 1.807) is 0 Å². The summed E-state index contributed by atoms with van der Waals surface area (Å²) in [6, 6.07) is 4.58. The fourth-order valence-electron chi connectivity index (χ4n) is 1.36. The SMILES string of the molecule is CC(=O)N[C@H](CC(=O)[O-])c1ccc(F)cc1. The lowest BCUT2D eigenvalue weighted by Gasteiger charge is -2.18. The lowest BCUT2D eigenvalue weighted by molar-refractivity contribution is -0.306. The minimum atomic E-state index is -1.27. The first-order valence-electron chi connectivity index (χ1n) is 4.71.